The Morgan fingerprint density at radius 3 is 2.50 bits per heavy atom. The van der Waals surface area contributed by atoms with Crippen LogP contribution in [0.15, 0.2) is 0 Å². The lowest BCUT2D eigenvalue weighted by molar-refractivity contribution is -0.142. The van der Waals surface area contributed by atoms with E-state index in [9.17, 15) is 4.79 Å². The summed E-state index contributed by atoms with van der Waals surface area (Å²) in [5.74, 6) is -0.404. The van der Waals surface area contributed by atoms with Gasteiger partial charge in [0.1, 0.15) is 6.04 Å². The van der Waals surface area contributed by atoms with Crippen molar-refractivity contribution < 1.29 is 19.0 Å². The fourth-order valence-electron chi connectivity index (χ4n) is 0.844. The lowest BCUT2D eigenvalue weighted by atomic mass is 10.2. The third kappa shape index (κ3) is 6.82. The van der Waals surface area contributed by atoms with E-state index in [1.54, 1.807) is 0 Å². The van der Waals surface area contributed by atoms with Gasteiger partial charge in [0.25, 0.3) is 0 Å². The first kappa shape index (κ1) is 13.4. The summed E-state index contributed by atoms with van der Waals surface area (Å²) >= 11 is 0. The summed E-state index contributed by atoms with van der Waals surface area (Å²) in [6.45, 7) is 4.16. The highest BCUT2D eigenvalue weighted by Gasteiger charge is 2.12. The summed E-state index contributed by atoms with van der Waals surface area (Å²) < 4.78 is 14.7. The summed E-state index contributed by atoms with van der Waals surface area (Å²) in [7, 11) is 1.32. The Kier molecular flexibility index (Phi) is 8.51. The Morgan fingerprint density at radius 1 is 1.29 bits per heavy atom. The molecule has 84 valence electrons. The van der Waals surface area contributed by atoms with E-state index in [4.69, 9.17) is 15.2 Å². The third-order valence-electron chi connectivity index (χ3n) is 1.65. The fourth-order valence-corrected chi connectivity index (χ4v) is 0.844. The smallest absolute Gasteiger partial charge is 0.322 e. The molecule has 0 bridgehead atoms. The molecule has 0 aromatic heterocycles. The Balaban J connectivity index is 3.23. The highest BCUT2D eigenvalue weighted by atomic mass is 16.5. The maximum absolute atomic E-state index is 10.9. The molecule has 5 nitrogen and oxygen atoms in total. The average Bonchev–Trinajstić information content (AvgIpc) is 2.21. The maximum Gasteiger partial charge on any atom is 0.322 e. The van der Waals surface area contributed by atoms with Crippen molar-refractivity contribution in [1.82, 2.24) is 0 Å². The molecule has 0 rings (SSSR count). The zero-order chi connectivity index (χ0) is 10.8. The van der Waals surface area contributed by atoms with Gasteiger partial charge in [0.15, 0.2) is 0 Å². The summed E-state index contributed by atoms with van der Waals surface area (Å²) in [5.41, 5.74) is 5.48. The fraction of sp³-hybridized carbons (Fsp3) is 0.889. The van der Waals surface area contributed by atoms with Crippen molar-refractivity contribution in [3.05, 3.63) is 0 Å². The molecule has 0 aliphatic rings. The van der Waals surface area contributed by atoms with Crippen LogP contribution in [0.2, 0.25) is 0 Å². The molecule has 0 aliphatic heterocycles. The number of esters is 1. The highest BCUT2D eigenvalue weighted by molar-refractivity contribution is 5.75. The van der Waals surface area contributed by atoms with Crippen molar-refractivity contribution in [2.45, 2.75) is 19.4 Å². The molecule has 0 aromatic carbocycles. The zero-order valence-corrected chi connectivity index (χ0v) is 8.82. The van der Waals surface area contributed by atoms with Gasteiger partial charge in [0.05, 0.1) is 20.3 Å². The van der Waals surface area contributed by atoms with Crippen LogP contribution in [-0.4, -0.2) is 45.5 Å². The number of ether oxygens (including phenoxy) is 3. The molecule has 0 saturated carbocycles. The van der Waals surface area contributed by atoms with E-state index < -0.39 is 12.0 Å². The van der Waals surface area contributed by atoms with E-state index in [2.05, 4.69) is 4.74 Å². The number of methoxy groups -OCH3 is 1. The molecule has 0 heterocycles. The van der Waals surface area contributed by atoms with Gasteiger partial charge in [-0.2, -0.15) is 0 Å². The van der Waals surface area contributed by atoms with E-state index in [-0.39, 0.29) is 0 Å². The first-order valence-corrected chi connectivity index (χ1v) is 4.71. The van der Waals surface area contributed by atoms with Gasteiger partial charge in [-0.25, -0.2) is 0 Å². The quantitative estimate of drug-likeness (QED) is 0.443. The minimum absolute atomic E-state index is 0.404. The van der Waals surface area contributed by atoms with Crippen LogP contribution >= 0.6 is 0 Å². The van der Waals surface area contributed by atoms with Crippen molar-refractivity contribution in [1.29, 1.82) is 0 Å². The first-order valence-electron chi connectivity index (χ1n) is 4.71. The average molecular weight is 205 g/mol. The molecule has 5 heteroatoms. The summed E-state index contributed by atoms with van der Waals surface area (Å²) in [6, 6.07) is -0.591. The van der Waals surface area contributed by atoms with Crippen molar-refractivity contribution in [2.75, 3.05) is 33.5 Å². The molecule has 1 atom stereocenters. The number of hydrogen-bond donors (Lipinski definition) is 1. The molecular formula is C9H19NO4. The van der Waals surface area contributed by atoms with Crippen LogP contribution in [0.5, 0.6) is 0 Å². The molecule has 0 saturated heterocycles. The second-order valence-corrected chi connectivity index (χ2v) is 2.73. The molecule has 0 aromatic rings. The van der Waals surface area contributed by atoms with Crippen LogP contribution < -0.4 is 5.73 Å². The Hall–Kier alpha value is -0.650. The van der Waals surface area contributed by atoms with Gasteiger partial charge < -0.3 is 19.9 Å². The second kappa shape index (κ2) is 8.93. The van der Waals surface area contributed by atoms with Crippen molar-refractivity contribution in [2.24, 2.45) is 5.73 Å². The normalized spacial score (nSPS) is 12.5. The maximum atomic E-state index is 10.9. The summed E-state index contributed by atoms with van der Waals surface area (Å²) in [4.78, 5) is 10.9. The van der Waals surface area contributed by atoms with E-state index in [1.165, 1.54) is 7.11 Å². The van der Waals surface area contributed by atoms with Gasteiger partial charge in [-0.15, -0.1) is 0 Å². The molecule has 0 aliphatic carbocycles. The summed E-state index contributed by atoms with van der Waals surface area (Å²) in [6.07, 6.45) is 0.471. The zero-order valence-electron chi connectivity index (χ0n) is 8.82. The standard InChI is InChI=1S/C9H19NO4/c1-3-13-6-7-14-5-4-8(10)9(11)12-2/h8H,3-7,10H2,1-2H3. The van der Waals surface area contributed by atoms with Crippen LogP contribution in [0.3, 0.4) is 0 Å². The molecule has 14 heavy (non-hydrogen) atoms. The molecule has 2 N–H and O–H groups in total. The molecule has 1 unspecified atom stereocenters. The SMILES string of the molecule is CCOCCOCCC(N)C(=O)OC. The Labute approximate surface area is 84.5 Å². The highest BCUT2D eigenvalue weighted by Crippen LogP contribution is 1.92. The Bertz CT molecular complexity index is 152. The van der Waals surface area contributed by atoms with Crippen LogP contribution in [0.1, 0.15) is 13.3 Å². The molecule has 0 radical (unpaired) electrons. The molecule has 0 fully saturated rings. The van der Waals surface area contributed by atoms with E-state index in [0.29, 0.717) is 32.8 Å². The van der Waals surface area contributed by atoms with Gasteiger partial charge in [0, 0.05) is 13.2 Å². The Morgan fingerprint density at radius 2 is 1.93 bits per heavy atom. The van der Waals surface area contributed by atoms with Crippen molar-refractivity contribution in [3.8, 4) is 0 Å². The lowest BCUT2D eigenvalue weighted by Crippen LogP contribution is -2.32. The van der Waals surface area contributed by atoms with Crippen molar-refractivity contribution >= 4 is 5.97 Å². The van der Waals surface area contributed by atoms with Gasteiger partial charge >= 0.3 is 5.97 Å². The number of nitrogens with two attached hydrogens (primary N) is 1. The number of rotatable bonds is 8. The number of carbonyl (C=O) groups is 1. The second-order valence-electron chi connectivity index (χ2n) is 2.73. The van der Waals surface area contributed by atoms with E-state index >= 15 is 0 Å². The van der Waals surface area contributed by atoms with E-state index in [0.717, 1.165) is 0 Å². The molecule has 0 amide bonds. The van der Waals surface area contributed by atoms with Crippen LogP contribution in [-0.2, 0) is 19.0 Å². The van der Waals surface area contributed by atoms with E-state index in [1.807, 2.05) is 6.92 Å². The summed E-state index contributed by atoms with van der Waals surface area (Å²) in [5, 5.41) is 0. The topological polar surface area (TPSA) is 70.8 Å². The number of carbonyl (C=O) groups excluding carboxylic acids is 1. The molecule has 0 spiro atoms. The largest absolute Gasteiger partial charge is 0.468 e. The molecular weight excluding hydrogens is 186 g/mol. The van der Waals surface area contributed by atoms with Crippen LogP contribution in [0, 0.1) is 0 Å². The van der Waals surface area contributed by atoms with Crippen LogP contribution in [0.25, 0.3) is 0 Å². The number of hydrogen-bond acceptors (Lipinski definition) is 5. The van der Waals surface area contributed by atoms with Gasteiger partial charge in [-0.1, -0.05) is 0 Å². The van der Waals surface area contributed by atoms with Crippen LogP contribution in [0.4, 0.5) is 0 Å². The predicted molar refractivity (Wildman–Crippen MR) is 51.9 cm³/mol. The first-order chi connectivity index (χ1) is 6.72. The minimum Gasteiger partial charge on any atom is -0.468 e. The monoisotopic (exact) mass is 205 g/mol. The predicted octanol–water partition coefficient (Wildman–Crippen LogP) is -0.0701. The van der Waals surface area contributed by atoms with Gasteiger partial charge in [0.2, 0.25) is 0 Å². The van der Waals surface area contributed by atoms with Gasteiger partial charge in [-0.3, -0.25) is 4.79 Å². The van der Waals surface area contributed by atoms with Gasteiger partial charge in [-0.05, 0) is 13.3 Å². The van der Waals surface area contributed by atoms with Crippen molar-refractivity contribution in [3.63, 3.8) is 0 Å². The minimum atomic E-state index is -0.591. The third-order valence-corrected chi connectivity index (χ3v) is 1.65. The lowest BCUT2D eigenvalue weighted by Gasteiger charge is -2.09.